The van der Waals surface area contributed by atoms with E-state index >= 15 is 0 Å². The Kier molecular flexibility index (Phi) is 4.90. The maximum atomic E-state index is 11.6. The van der Waals surface area contributed by atoms with Crippen LogP contribution in [0.15, 0.2) is 12.2 Å². The van der Waals surface area contributed by atoms with E-state index in [-0.39, 0.29) is 18.6 Å². The Bertz CT molecular complexity index is 292. The van der Waals surface area contributed by atoms with Gasteiger partial charge in [-0.25, -0.2) is 0 Å². The summed E-state index contributed by atoms with van der Waals surface area (Å²) in [6, 6.07) is 0. The van der Waals surface area contributed by atoms with Crippen LogP contribution in [0, 0.1) is 11.8 Å². The number of aliphatic hydroxyl groups is 2. The lowest BCUT2D eigenvalue weighted by atomic mass is 9.85. The predicted molar refractivity (Wildman–Crippen MR) is 67.6 cm³/mol. The highest BCUT2D eigenvalue weighted by Crippen LogP contribution is 2.25. The molecule has 3 heteroatoms. The Labute approximate surface area is 104 Å². The number of ketones is 1. The van der Waals surface area contributed by atoms with Crippen LogP contribution in [0.2, 0.25) is 0 Å². The molecule has 0 aromatic rings. The van der Waals surface area contributed by atoms with Crippen molar-refractivity contribution in [3.8, 4) is 0 Å². The van der Waals surface area contributed by atoms with E-state index in [2.05, 4.69) is 13.8 Å². The Morgan fingerprint density at radius 3 is 2.71 bits per heavy atom. The molecular weight excluding hydrogens is 216 g/mol. The van der Waals surface area contributed by atoms with Crippen LogP contribution in [0.25, 0.3) is 0 Å². The quantitative estimate of drug-likeness (QED) is 0.690. The third kappa shape index (κ3) is 5.00. The van der Waals surface area contributed by atoms with Crippen LogP contribution in [0.1, 0.15) is 46.5 Å². The van der Waals surface area contributed by atoms with Crippen LogP contribution in [0.3, 0.4) is 0 Å². The zero-order valence-corrected chi connectivity index (χ0v) is 11.0. The second kappa shape index (κ2) is 5.78. The lowest BCUT2D eigenvalue weighted by Crippen LogP contribution is -2.30. The standard InChI is InChI=1S/C14H24O3/c1-10(2)11-4-5-12(15)8-13(16)9-14(3,17)7-6-11/h6-7,10-11,13,16-17H,4-5,8-9H2,1-3H3. The Balaban J connectivity index is 2.84. The molecule has 1 aliphatic rings. The van der Waals surface area contributed by atoms with Gasteiger partial charge in [-0.3, -0.25) is 4.79 Å². The highest BCUT2D eigenvalue weighted by atomic mass is 16.3. The van der Waals surface area contributed by atoms with E-state index in [9.17, 15) is 15.0 Å². The van der Waals surface area contributed by atoms with Gasteiger partial charge in [0.15, 0.2) is 0 Å². The molecule has 98 valence electrons. The van der Waals surface area contributed by atoms with Gasteiger partial charge in [-0.05, 0) is 25.2 Å². The molecular formula is C14H24O3. The van der Waals surface area contributed by atoms with Crippen molar-refractivity contribution in [2.45, 2.75) is 58.2 Å². The summed E-state index contributed by atoms with van der Waals surface area (Å²) in [5.41, 5.74) is -1.02. The van der Waals surface area contributed by atoms with Gasteiger partial charge in [-0.1, -0.05) is 26.0 Å². The normalized spacial score (nSPS) is 36.2. The van der Waals surface area contributed by atoms with E-state index in [1.54, 1.807) is 13.0 Å². The summed E-state index contributed by atoms with van der Waals surface area (Å²) in [5, 5.41) is 19.8. The summed E-state index contributed by atoms with van der Waals surface area (Å²) < 4.78 is 0. The van der Waals surface area contributed by atoms with Crippen molar-refractivity contribution in [2.24, 2.45) is 11.8 Å². The first-order valence-corrected chi connectivity index (χ1v) is 6.41. The number of hydrogen-bond acceptors (Lipinski definition) is 3. The van der Waals surface area contributed by atoms with Crippen molar-refractivity contribution in [2.75, 3.05) is 0 Å². The van der Waals surface area contributed by atoms with Gasteiger partial charge in [-0.2, -0.15) is 0 Å². The van der Waals surface area contributed by atoms with Gasteiger partial charge in [0.1, 0.15) is 5.78 Å². The second-order valence-corrected chi connectivity index (χ2v) is 5.76. The molecule has 0 heterocycles. The molecule has 1 rings (SSSR count). The topological polar surface area (TPSA) is 57.5 Å². The summed E-state index contributed by atoms with van der Waals surface area (Å²) in [6.45, 7) is 5.92. The smallest absolute Gasteiger partial charge is 0.135 e. The fraction of sp³-hybridized carbons (Fsp3) is 0.786. The molecule has 0 aromatic carbocycles. The number of allylic oxidation sites excluding steroid dienone is 1. The average Bonchev–Trinajstić information content (AvgIpc) is 2.14. The highest BCUT2D eigenvalue weighted by Gasteiger charge is 2.25. The molecule has 0 radical (unpaired) electrons. The van der Waals surface area contributed by atoms with Gasteiger partial charge in [0.25, 0.3) is 0 Å². The second-order valence-electron chi connectivity index (χ2n) is 5.76. The third-order valence-corrected chi connectivity index (χ3v) is 3.43. The van der Waals surface area contributed by atoms with Gasteiger partial charge in [0, 0.05) is 19.3 Å². The molecule has 0 spiro atoms. The maximum absolute atomic E-state index is 11.6. The van der Waals surface area contributed by atoms with Crippen molar-refractivity contribution in [3.63, 3.8) is 0 Å². The number of Topliss-reactive ketones (excluding diaryl/α,β-unsaturated/α-hetero) is 1. The SMILES string of the molecule is CC(C)C1C=CC(C)(O)CC(O)CC(=O)CC1. The first-order chi connectivity index (χ1) is 7.80. The molecule has 3 unspecified atom stereocenters. The van der Waals surface area contributed by atoms with Gasteiger partial charge in [0.2, 0.25) is 0 Å². The molecule has 0 fully saturated rings. The van der Waals surface area contributed by atoms with Gasteiger partial charge in [0.05, 0.1) is 11.7 Å². The fourth-order valence-corrected chi connectivity index (χ4v) is 2.29. The molecule has 3 nitrogen and oxygen atoms in total. The van der Waals surface area contributed by atoms with Crippen molar-refractivity contribution in [1.82, 2.24) is 0 Å². The number of carbonyl (C=O) groups is 1. The third-order valence-electron chi connectivity index (χ3n) is 3.43. The molecule has 0 aliphatic heterocycles. The molecule has 0 aromatic heterocycles. The van der Waals surface area contributed by atoms with E-state index in [1.165, 1.54) is 0 Å². The molecule has 3 atom stereocenters. The summed E-state index contributed by atoms with van der Waals surface area (Å²) >= 11 is 0. The molecule has 0 saturated heterocycles. The van der Waals surface area contributed by atoms with E-state index in [1.807, 2.05) is 6.08 Å². The van der Waals surface area contributed by atoms with E-state index in [0.717, 1.165) is 6.42 Å². The summed E-state index contributed by atoms with van der Waals surface area (Å²) in [5.74, 6) is 0.870. The first kappa shape index (κ1) is 14.4. The Morgan fingerprint density at radius 2 is 2.12 bits per heavy atom. The minimum absolute atomic E-state index is 0.0919. The molecule has 2 N–H and O–H groups in total. The zero-order chi connectivity index (χ0) is 13.1. The van der Waals surface area contributed by atoms with Crippen LogP contribution < -0.4 is 0 Å². The Morgan fingerprint density at radius 1 is 1.47 bits per heavy atom. The Hall–Kier alpha value is -0.670. The van der Waals surface area contributed by atoms with E-state index in [4.69, 9.17) is 0 Å². The van der Waals surface area contributed by atoms with Crippen LogP contribution >= 0.6 is 0 Å². The molecule has 0 saturated carbocycles. The van der Waals surface area contributed by atoms with E-state index in [0.29, 0.717) is 18.3 Å². The van der Waals surface area contributed by atoms with Crippen LogP contribution in [-0.4, -0.2) is 27.7 Å². The maximum Gasteiger partial charge on any atom is 0.135 e. The lowest BCUT2D eigenvalue weighted by Gasteiger charge is -2.26. The van der Waals surface area contributed by atoms with Gasteiger partial charge in [-0.15, -0.1) is 0 Å². The number of aliphatic hydroxyl groups excluding tert-OH is 1. The zero-order valence-electron chi connectivity index (χ0n) is 11.0. The molecule has 1 aliphatic carbocycles. The minimum atomic E-state index is -1.02. The average molecular weight is 240 g/mol. The summed E-state index contributed by atoms with van der Waals surface area (Å²) in [6.07, 6.45) is 4.74. The van der Waals surface area contributed by atoms with E-state index < -0.39 is 11.7 Å². The monoisotopic (exact) mass is 240 g/mol. The van der Waals surface area contributed by atoms with Crippen LogP contribution in [0.5, 0.6) is 0 Å². The molecule has 0 amide bonds. The fourth-order valence-electron chi connectivity index (χ4n) is 2.29. The highest BCUT2D eigenvalue weighted by molar-refractivity contribution is 5.78. The number of hydrogen-bond donors (Lipinski definition) is 2. The largest absolute Gasteiger partial charge is 0.393 e. The van der Waals surface area contributed by atoms with Crippen molar-refractivity contribution >= 4 is 5.78 Å². The molecule has 0 bridgehead atoms. The number of rotatable bonds is 1. The van der Waals surface area contributed by atoms with Crippen molar-refractivity contribution < 1.29 is 15.0 Å². The van der Waals surface area contributed by atoms with Crippen LogP contribution in [0.4, 0.5) is 0 Å². The van der Waals surface area contributed by atoms with Crippen molar-refractivity contribution in [1.29, 1.82) is 0 Å². The predicted octanol–water partition coefficient (Wildman–Crippen LogP) is 2.07. The number of carbonyl (C=O) groups excluding carboxylic acids is 1. The first-order valence-electron chi connectivity index (χ1n) is 6.41. The summed E-state index contributed by atoms with van der Waals surface area (Å²) in [4.78, 5) is 11.6. The van der Waals surface area contributed by atoms with Crippen molar-refractivity contribution in [3.05, 3.63) is 12.2 Å². The lowest BCUT2D eigenvalue weighted by molar-refractivity contribution is -0.121. The summed E-state index contributed by atoms with van der Waals surface area (Å²) in [7, 11) is 0. The van der Waals surface area contributed by atoms with Gasteiger partial charge >= 0.3 is 0 Å². The molecule has 17 heavy (non-hydrogen) atoms. The minimum Gasteiger partial charge on any atom is -0.393 e. The van der Waals surface area contributed by atoms with Crippen LogP contribution in [-0.2, 0) is 4.79 Å². The van der Waals surface area contributed by atoms with Gasteiger partial charge < -0.3 is 10.2 Å².